The number of phenolic OH excluding ortho intramolecular Hbond substituents is 1. The van der Waals surface area contributed by atoms with E-state index in [1.54, 1.807) is 0 Å². The molecule has 0 heterocycles. The van der Waals surface area contributed by atoms with E-state index in [9.17, 15) is 9.90 Å². The van der Waals surface area contributed by atoms with Gasteiger partial charge in [-0.3, -0.25) is 0 Å². The standard InChI is InChI=1S/C11H14O3.Na.H/c1-2-3-4-8-7-9(12)5-6-10(8)11(13)14;;/h5-7,12H,2-4H2,1H3,(H,13,14);;. The Kier molecular flexibility index (Phi) is 6.65. The van der Waals surface area contributed by atoms with Gasteiger partial charge in [-0.2, -0.15) is 0 Å². The predicted molar refractivity (Wildman–Crippen MR) is 60.8 cm³/mol. The van der Waals surface area contributed by atoms with Gasteiger partial charge in [0, 0.05) is 0 Å². The van der Waals surface area contributed by atoms with Crippen LogP contribution in [0, 0.1) is 0 Å². The minimum absolute atomic E-state index is 0. The second kappa shape index (κ2) is 6.88. The average Bonchev–Trinajstić information content (AvgIpc) is 2.14. The Labute approximate surface area is 111 Å². The molecule has 0 fully saturated rings. The van der Waals surface area contributed by atoms with Gasteiger partial charge in [0.05, 0.1) is 5.56 Å². The van der Waals surface area contributed by atoms with Crippen molar-refractivity contribution in [1.29, 1.82) is 0 Å². The Morgan fingerprint density at radius 2 is 2.07 bits per heavy atom. The first kappa shape index (κ1) is 14.5. The second-order valence-corrected chi connectivity index (χ2v) is 3.25. The first-order valence-electron chi connectivity index (χ1n) is 4.70. The van der Waals surface area contributed by atoms with E-state index < -0.39 is 5.97 Å². The van der Waals surface area contributed by atoms with Gasteiger partial charge in [-0.05, 0) is 36.6 Å². The van der Waals surface area contributed by atoms with E-state index in [-0.39, 0.29) is 40.9 Å². The molecule has 78 valence electrons. The molecule has 0 saturated heterocycles. The maximum absolute atomic E-state index is 10.8. The van der Waals surface area contributed by atoms with Gasteiger partial charge < -0.3 is 10.2 Å². The van der Waals surface area contributed by atoms with E-state index in [1.807, 2.05) is 6.92 Å². The van der Waals surface area contributed by atoms with Crippen molar-refractivity contribution in [3.05, 3.63) is 29.3 Å². The van der Waals surface area contributed by atoms with Crippen molar-refractivity contribution in [2.75, 3.05) is 0 Å². The van der Waals surface area contributed by atoms with Crippen molar-refractivity contribution in [1.82, 2.24) is 0 Å². The number of aromatic hydroxyl groups is 1. The van der Waals surface area contributed by atoms with Crippen LogP contribution in [0.5, 0.6) is 5.75 Å². The van der Waals surface area contributed by atoms with Crippen LogP contribution in [0.15, 0.2) is 18.2 Å². The molecule has 0 radical (unpaired) electrons. The fourth-order valence-electron chi connectivity index (χ4n) is 1.36. The third-order valence-electron chi connectivity index (χ3n) is 2.12. The third-order valence-corrected chi connectivity index (χ3v) is 2.12. The summed E-state index contributed by atoms with van der Waals surface area (Å²) in [5, 5.41) is 18.1. The number of phenols is 1. The summed E-state index contributed by atoms with van der Waals surface area (Å²) in [6.45, 7) is 2.04. The van der Waals surface area contributed by atoms with Crippen LogP contribution in [0.1, 0.15) is 35.7 Å². The molecule has 2 N–H and O–H groups in total. The fourth-order valence-corrected chi connectivity index (χ4v) is 1.36. The van der Waals surface area contributed by atoms with Crippen LogP contribution in [-0.4, -0.2) is 45.7 Å². The first-order valence-corrected chi connectivity index (χ1v) is 4.70. The van der Waals surface area contributed by atoms with Crippen molar-refractivity contribution in [3.63, 3.8) is 0 Å². The van der Waals surface area contributed by atoms with Crippen molar-refractivity contribution < 1.29 is 15.0 Å². The van der Waals surface area contributed by atoms with Crippen molar-refractivity contribution in [2.24, 2.45) is 0 Å². The molecular formula is C11H15NaO3. The summed E-state index contributed by atoms with van der Waals surface area (Å²) < 4.78 is 0. The molecule has 0 aliphatic carbocycles. The minimum atomic E-state index is -0.934. The van der Waals surface area contributed by atoms with Crippen LogP contribution in [-0.2, 0) is 6.42 Å². The van der Waals surface area contributed by atoms with E-state index in [4.69, 9.17) is 5.11 Å². The van der Waals surface area contributed by atoms with E-state index in [2.05, 4.69) is 0 Å². The first-order chi connectivity index (χ1) is 6.65. The molecule has 0 aromatic heterocycles. The van der Waals surface area contributed by atoms with Gasteiger partial charge in [0.15, 0.2) is 0 Å². The average molecular weight is 218 g/mol. The van der Waals surface area contributed by atoms with Gasteiger partial charge >= 0.3 is 35.5 Å². The Hall–Kier alpha value is -0.510. The zero-order valence-electron chi connectivity index (χ0n) is 8.16. The predicted octanol–water partition coefficient (Wildman–Crippen LogP) is 1.78. The van der Waals surface area contributed by atoms with Gasteiger partial charge in [0.25, 0.3) is 0 Å². The quantitative estimate of drug-likeness (QED) is 0.757. The summed E-state index contributed by atoms with van der Waals surface area (Å²) in [4.78, 5) is 10.8. The van der Waals surface area contributed by atoms with Gasteiger partial charge in [-0.25, -0.2) is 4.79 Å². The van der Waals surface area contributed by atoms with Gasteiger partial charge in [-0.1, -0.05) is 13.3 Å². The zero-order valence-corrected chi connectivity index (χ0v) is 8.16. The van der Waals surface area contributed by atoms with Gasteiger partial charge in [-0.15, -0.1) is 0 Å². The molecule has 15 heavy (non-hydrogen) atoms. The zero-order chi connectivity index (χ0) is 10.6. The molecule has 3 nitrogen and oxygen atoms in total. The van der Waals surface area contributed by atoms with Crippen LogP contribution in [0.25, 0.3) is 0 Å². The molecule has 0 aliphatic heterocycles. The molecule has 1 aromatic rings. The number of aromatic carboxylic acids is 1. The topological polar surface area (TPSA) is 57.5 Å². The summed E-state index contributed by atoms with van der Waals surface area (Å²) in [6.07, 6.45) is 2.64. The summed E-state index contributed by atoms with van der Waals surface area (Å²) >= 11 is 0. The Balaban J connectivity index is 0.00000196. The SMILES string of the molecule is CCCCc1cc(O)ccc1C(=O)O.[NaH]. The summed E-state index contributed by atoms with van der Waals surface area (Å²) in [6, 6.07) is 4.38. The normalized spacial score (nSPS) is 9.40. The Morgan fingerprint density at radius 3 is 2.60 bits per heavy atom. The molecule has 0 atom stereocenters. The molecule has 1 rings (SSSR count). The maximum atomic E-state index is 10.8. The van der Waals surface area contributed by atoms with Crippen molar-refractivity contribution in [3.8, 4) is 5.75 Å². The number of carboxylic acid groups (broad SMARTS) is 1. The van der Waals surface area contributed by atoms with E-state index in [1.165, 1.54) is 18.2 Å². The van der Waals surface area contributed by atoms with Crippen LogP contribution >= 0.6 is 0 Å². The fraction of sp³-hybridized carbons (Fsp3) is 0.364. The van der Waals surface area contributed by atoms with Gasteiger partial charge in [0.1, 0.15) is 5.75 Å². The molecule has 0 amide bonds. The van der Waals surface area contributed by atoms with Crippen molar-refractivity contribution in [2.45, 2.75) is 26.2 Å². The molecule has 0 spiro atoms. The van der Waals surface area contributed by atoms with E-state index in [0.29, 0.717) is 12.0 Å². The number of carboxylic acids is 1. The number of benzene rings is 1. The number of hydrogen-bond donors (Lipinski definition) is 2. The molecule has 0 aliphatic rings. The molecule has 1 aromatic carbocycles. The van der Waals surface area contributed by atoms with Crippen LogP contribution in [0.4, 0.5) is 0 Å². The molecular weight excluding hydrogens is 203 g/mol. The number of aryl methyl sites for hydroxylation is 1. The van der Waals surface area contributed by atoms with E-state index >= 15 is 0 Å². The summed E-state index contributed by atoms with van der Waals surface area (Å²) in [7, 11) is 0. The third kappa shape index (κ3) is 4.24. The van der Waals surface area contributed by atoms with Crippen LogP contribution in [0.2, 0.25) is 0 Å². The number of hydrogen-bond acceptors (Lipinski definition) is 2. The molecule has 0 bridgehead atoms. The number of carbonyl (C=O) groups is 1. The Bertz CT molecular complexity index is 337. The second-order valence-electron chi connectivity index (χ2n) is 3.25. The van der Waals surface area contributed by atoms with Crippen LogP contribution < -0.4 is 0 Å². The molecule has 0 unspecified atom stereocenters. The van der Waals surface area contributed by atoms with Crippen LogP contribution in [0.3, 0.4) is 0 Å². The number of unbranched alkanes of at least 4 members (excludes halogenated alkanes) is 1. The number of rotatable bonds is 4. The molecule has 0 saturated carbocycles. The Morgan fingerprint density at radius 1 is 1.40 bits per heavy atom. The molecule has 4 heteroatoms. The monoisotopic (exact) mass is 218 g/mol. The van der Waals surface area contributed by atoms with E-state index in [0.717, 1.165) is 12.8 Å². The summed E-state index contributed by atoms with van der Waals surface area (Å²) in [5.74, 6) is -0.808. The summed E-state index contributed by atoms with van der Waals surface area (Å²) in [5.41, 5.74) is 0.996. The van der Waals surface area contributed by atoms with Gasteiger partial charge in [0.2, 0.25) is 0 Å². The van der Waals surface area contributed by atoms with Crippen molar-refractivity contribution >= 4 is 35.5 Å².